The minimum absolute atomic E-state index is 0.497. The van der Waals surface area contributed by atoms with E-state index in [0.29, 0.717) is 11.3 Å². The van der Waals surface area contributed by atoms with Crippen LogP contribution in [0.2, 0.25) is 0 Å². The molecule has 0 aliphatic carbocycles. The Morgan fingerprint density at radius 1 is 1.31 bits per heavy atom. The summed E-state index contributed by atoms with van der Waals surface area (Å²) < 4.78 is 0. The highest BCUT2D eigenvalue weighted by Gasteiger charge is 1.94. The van der Waals surface area contributed by atoms with Gasteiger partial charge in [0.15, 0.2) is 0 Å². The molecule has 0 fully saturated rings. The molecule has 0 spiro atoms. The van der Waals surface area contributed by atoms with Crippen molar-refractivity contribution in [3.8, 4) is 12.1 Å². The lowest BCUT2D eigenvalue weighted by atomic mass is 10.2. The fraction of sp³-hybridized carbons (Fsp3) is 0.200. The molecule has 64 valence electrons. The summed E-state index contributed by atoms with van der Waals surface area (Å²) in [7, 11) is 0. The van der Waals surface area contributed by atoms with Crippen LogP contribution >= 0.6 is 11.8 Å². The SMILES string of the molecule is N#CCSCc1cccc(C#N)c1. The third-order valence-corrected chi connectivity index (χ3v) is 2.36. The van der Waals surface area contributed by atoms with Crippen molar-refractivity contribution in [1.29, 1.82) is 10.5 Å². The van der Waals surface area contributed by atoms with E-state index < -0.39 is 0 Å². The molecule has 2 nitrogen and oxygen atoms in total. The summed E-state index contributed by atoms with van der Waals surface area (Å²) in [6.07, 6.45) is 0. The summed E-state index contributed by atoms with van der Waals surface area (Å²) in [5.41, 5.74) is 1.77. The summed E-state index contributed by atoms with van der Waals surface area (Å²) in [5, 5.41) is 16.9. The number of hydrogen-bond acceptors (Lipinski definition) is 3. The molecule has 1 aromatic rings. The summed E-state index contributed by atoms with van der Waals surface area (Å²) in [6, 6.07) is 11.6. The van der Waals surface area contributed by atoms with Crippen LogP contribution in [0.1, 0.15) is 11.1 Å². The maximum Gasteiger partial charge on any atom is 0.0991 e. The Morgan fingerprint density at radius 2 is 2.15 bits per heavy atom. The minimum atomic E-state index is 0.497. The van der Waals surface area contributed by atoms with E-state index in [4.69, 9.17) is 10.5 Å². The fourth-order valence-corrected chi connectivity index (χ4v) is 1.55. The van der Waals surface area contributed by atoms with Crippen molar-refractivity contribution in [1.82, 2.24) is 0 Å². The Bertz CT molecular complexity index is 360. The molecule has 0 bridgehead atoms. The first kappa shape index (κ1) is 9.64. The van der Waals surface area contributed by atoms with Crippen molar-refractivity contribution >= 4 is 11.8 Å². The number of nitriles is 2. The Morgan fingerprint density at radius 3 is 2.85 bits per heavy atom. The Labute approximate surface area is 81.8 Å². The second-order valence-electron chi connectivity index (χ2n) is 2.46. The van der Waals surface area contributed by atoms with Gasteiger partial charge in [0, 0.05) is 5.75 Å². The number of benzene rings is 1. The molecule has 0 heterocycles. The predicted octanol–water partition coefficient (Wildman–Crippen LogP) is 2.32. The molecule has 1 rings (SSSR count). The maximum atomic E-state index is 8.62. The van der Waals surface area contributed by atoms with Gasteiger partial charge in [-0.3, -0.25) is 0 Å². The van der Waals surface area contributed by atoms with Gasteiger partial charge in [-0.1, -0.05) is 12.1 Å². The maximum absolute atomic E-state index is 8.62. The molecule has 0 atom stereocenters. The van der Waals surface area contributed by atoms with Crippen LogP contribution in [0, 0.1) is 22.7 Å². The molecular weight excluding hydrogens is 180 g/mol. The van der Waals surface area contributed by atoms with Gasteiger partial charge in [0.1, 0.15) is 0 Å². The topological polar surface area (TPSA) is 47.6 Å². The predicted molar refractivity (Wildman–Crippen MR) is 52.9 cm³/mol. The molecule has 13 heavy (non-hydrogen) atoms. The molecule has 0 N–H and O–H groups in total. The molecule has 1 aromatic carbocycles. The van der Waals surface area contributed by atoms with Gasteiger partial charge in [0.2, 0.25) is 0 Å². The van der Waals surface area contributed by atoms with Gasteiger partial charge in [0.25, 0.3) is 0 Å². The van der Waals surface area contributed by atoms with Crippen molar-refractivity contribution < 1.29 is 0 Å². The van der Waals surface area contributed by atoms with Gasteiger partial charge in [-0.25, -0.2) is 0 Å². The first-order valence-electron chi connectivity index (χ1n) is 3.80. The zero-order valence-electron chi connectivity index (χ0n) is 7.03. The highest BCUT2D eigenvalue weighted by Crippen LogP contribution is 2.12. The van der Waals surface area contributed by atoms with Crippen molar-refractivity contribution in [3.05, 3.63) is 35.4 Å². The Kier molecular flexibility index (Phi) is 3.88. The van der Waals surface area contributed by atoms with Crippen LogP contribution in [0.5, 0.6) is 0 Å². The molecule has 0 unspecified atom stereocenters. The lowest BCUT2D eigenvalue weighted by Gasteiger charge is -1.97. The van der Waals surface area contributed by atoms with Crippen LogP contribution in [0.3, 0.4) is 0 Å². The van der Waals surface area contributed by atoms with Crippen LogP contribution in [0.4, 0.5) is 0 Å². The van der Waals surface area contributed by atoms with Crippen LogP contribution < -0.4 is 0 Å². The van der Waals surface area contributed by atoms with E-state index in [0.717, 1.165) is 11.3 Å². The largest absolute Gasteiger partial charge is 0.197 e. The van der Waals surface area contributed by atoms with Crippen LogP contribution in [-0.4, -0.2) is 5.75 Å². The highest BCUT2D eigenvalue weighted by atomic mass is 32.2. The summed E-state index contributed by atoms with van der Waals surface area (Å²) in [5.74, 6) is 1.29. The first-order chi connectivity index (χ1) is 6.36. The average Bonchev–Trinajstić information content (AvgIpc) is 2.19. The second kappa shape index (κ2) is 5.24. The van der Waals surface area contributed by atoms with Crippen molar-refractivity contribution in [2.45, 2.75) is 5.75 Å². The average molecular weight is 188 g/mol. The van der Waals surface area contributed by atoms with Gasteiger partial charge >= 0.3 is 0 Å². The Hall–Kier alpha value is -1.45. The number of rotatable bonds is 3. The van der Waals surface area contributed by atoms with E-state index in [1.165, 1.54) is 0 Å². The van der Waals surface area contributed by atoms with E-state index in [1.54, 1.807) is 17.8 Å². The van der Waals surface area contributed by atoms with Crippen molar-refractivity contribution in [2.24, 2.45) is 0 Å². The number of nitrogens with zero attached hydrogens (tertiary/aromatic N) is 2. The van der Waals surface area contributed by atoms with Crippen LogP contribution in [0.15, 0.2) is 24.3 Å². The second-order valence-corrected chi connectivity index (χ2v) is 3.45. The monoisotopic (exact) mass is 188 g/mol. The third-order valence-electron chi connectivity index (χ3n) is 1.49. The normalized spacial score (nSPS) is 8.77. The highest BCUT2D eigenvalue weighted by molar-refractivity contribution is 7.98. The Balaban J connectivity index is 2.59. The first-order valence-corrected chi connectivity index (χ1v) is 4.96. The molecule has 3 heteroatoms. The summed E-state index contributed by atoms with van der Waals surface area (Å²) >= 11 is 1.56. The molecule has 0 saturated heterocycles. The molecular formula is C10H8N2S. The zero-order valence-corrected chi connectivity index (χ0v) is 7.84. The number of thioether (sulfide) groups is 1. The van der Waals surface area contributed by atoms with Gasteiger partial charge in [-0.05, 0) is 17.7 Å². The molecule has 0 radical (unpaired) electrons. The fourth-order valence-electron chi connectivity index (χ4n) is 0.945. The minimum Gasteiger partial charge on any atom is -0.197 e. The number of hydrogen-bond donors (Lipinski definition) is 0. The van der Waals surface area contributed by atoms with Crippen LogP contribution in [0.25, 0.3) is 0 Å². The lowest BCUT2D eigenvalue weighted by molar-refractivity contribution is 1.38. The smallest absolute Gasteiger partial charge is 0.0991 e. The molecule has 0 saturated carbocycles. The van der Waals surface area contributed by atoms with E-state index in [1.807, 2.05) is 18.2 Å². The van der Waals surface area contributed by atoms with Gasteiger partial charge in [-0.15, -0.1) is 11.8 Å². The van der Waals surface area contributed by atoms with Crippen LogP contribution in [-0.2, 0) is 5.75 Å². The summed E-state index contributed by atoms with van der Waals surface area (Å²) in [4.78, 5) is 0. The van der Waals surface area contributed by atoms with Crippen molar-refractivity contribution in [2.75, 3.05) is 5.75 Å². The van der Waals surface area contributed by atoms with Gasteiger partial charge < -0.3 is 0 Å². The lowest BCUT2D eigenvalue weighted by Crippen LogP contribution is -1.83. The van der Waals surface area contributed by atoms with E-state index in [-0.39, 0.29) is 0 Å². The van der Waals surface area contributed by atoms with Crippen molar-refractivity contribution in [3.63, 3.8) is 0 Å². The zero-order chi connectivity index (χ0) is 9.52. The van der Waals surface area contributed by atoms with E-state index in [9.17, 15) is 0 Å². The molecule has 0 amide bonds. The van der Waals surface area contributed by atoms with E-state index >= 15 is 0 Å². The third kappa shape index (κ3) is 3.19. The molecule has 0 aliphatic heterocycles. The summed E-state index contributed by atoms with van der Waals surface area (Å²) in [6.45, 7) is 0. The standard InChI is InChI=1S/C10H8N2S/c11-4-5-13-8-10-3-1-2-9(6-10)7-12/h1-3,6H,5,8H2. The quantitative estimate of drug-likeness (QED) is 0.684. The molecule has 0 aliphatic rings. The molecule has 0 aromatic heterocycles. The van der Waals surface area contributed by atoms with Gasteiger partial charge in [-0.2, -0.15) is 10.5 Å². The van der Waals surface area contributed by atoms with Gasteiger partial charge in [0.05, 0.1) is 23.5 Å². The van der Waals surface area contributed by atoms with E-state index in [2.05, 4.69) is 12.1 Å².